The van der Waals surface area contributed by atoms with E-state index < -0.39 is 5.95 Å². The third-order valence-corrected chi connectivity index (χ3v) is 4.76. The standard InChI is InChI=1S/C20H16F2N4O/c21-18-3-1-12-10-24-6-5-16(12)17(18)11-25-14-7-15(8-14)27-19-4-2-13(9-23)26-20(19)22/h1-6,10,14-15,25H,7-8,11H2. The maximum Gasteiger partial charge on any atom is 0.256 e. The Labute approximate surface area is 154 Å². The summed E-state index contributed by atoms with van der Waals surface area (Å²) in [4.78, 5) is 7.58. The molecule has 0 bridgehead atoms. The van der Waals surface area contributed by atoms with Crippen LogP contribution >= 0.6 is 0 Å². The van der Waals surface area contributed by atoms with Crippen LogP contribution in [-0.2, 0) is 6.54 Å². The molecule has 2 aromatic heterocycles. The number of benzene rings is 1. The molecular weight excluding hydrogens is 350 g/mol. The minimum absolute atomic E-state index is 0.0142. The van der Waals surface area contributed by atoms with Crippen LogP contribution < -0.4 is 10.1 Å². The molecule has 7 heteroatoms. The highest BCUT2D eigenvalue weighted by Gasteiger charge is 2.31. The lowest BCUT2D eigenvalue weighted by molar-refractivity contribution is 0.0793. The molecule has 1 aliphatic carbocycles. The number of hydrogen-bond acceptors (Lipinski definition) is 5. The van der Waals surface area contributed by atoms with Crippen molar-refractivity contribution >= 4 is 10.8 Å². The average molecular weight is 366 g/mol. The van der Waals surface area contributed by atoms with Crippen molar-refractivity contribution in [3.05, 3.63) is 65.7 Å². The Kier molecular flexibility index (Phi) is 4.65. The van der Waals surface area contributed by atoms with Gasteiger partial charge in [0.05, 0.1) is 0 Å². The highest BCUT2D eigenvalue weighted by atomic mass is 19.1. The van der Waals surface area contributed by atoms with Crippen molar-refractivity contribution in [2.24, 2.45) is 0 Å². The summed E-state index contributed by atoms with van der Waals surface area (Å²) >= 11 is 0. The zero-order valence-corrected chi connectivity index (χ0v) is 14.3. The first-order valence-corrected chi connectivity index (χ1v) is 8.62. The number of rotatable bonds is 5. The van der Waals surface area contributed by atoms with Gasteiger partial charge in [-0.1, -0.05) is 0 Å². The average Bonchev–Trinajstić information content (AvgIpc) is 2.65. The van der Waals surface area contributed by atoms with Gasteiger partial charge in [0, 0.05) is 35.9 Å². The van der Waals surface area contributed by atoms with Crippen molar-refractivity contribution in [3.8, 4) is 11.8 Å². The summed E-state index contributed by atoms with van der Waals surface area (Å²) in [7, 11) is 0. The third kappa shape index (κ3) is 3.57. The fourth-order valence-electron chi connectivity index (χ4n) is 3.21. The van der Waals surface area contributed by atoms with E-state index in [1.807, 2.05) is 6.07 Å². The van der Waals surface area contributed by atoms with Gasteiger partial charge in [-0.25, -0.2) is 9.37 Å². The molecule has 0 spiro atoms. The van der Waals surface area contributed by atoms with Crippen molar-refractivity contribution < 1.29 is 13.5 Å². The van der Waals surface area contributed by atoms with Crippen molar-refractivity contribution in [3.63, 3.8) is 0 Å². The molecule has 0 saturated heterocycles. The van der Waals surface area contributed by atoms with Gasteiger partial charge < -0.3 is 10.1 Å². The quantitative estimate of drug-likeness (QED) is 0.700. The van der Waals surface area contributed by atoms with Crippen molar-refractivity contribution in [1.82, 2.24) is 15.3 Å². The number of hydrogen-bond donors (Lipinski definition) is 1. The van der Waals surface area contributed by atoms with Gasteiger partial charge in [-0.3, -0.25) is 4.98 Å². The highest BCUT2D eigenvalue weighted by molar-refractivity contribution is 5.84. The topological polar surface area (TPSA) is 70.8 Å². The number of ether oxygens (including phenoxy) is 1. The Morgan fingerprint density at radius 1 is 1.19 bits per heavy atom. The minimum Gasteiger partial charge on any atom is -0.486 e. The number of pyridine rings is 2. The first-order valence-electron chi connectivity index (χ1n) is 8.62. The Hall–Kier alpha value is -3.11. The summed E-state index contributed by atoms with van der Waals surface area (Å²) in [5, 5.41) is 13.8. The van der Waals surface area contributed by atoms with E-state index in [1.165, 1.54) is 18.2 Å². The number of fused-ring (bicyclic) bond motifs is 1. The summed E-state index contributed by atoms with van der Waals surface area (Å²) in [5.74, 6) is -0.985. The molecule has 5 nitrogen and oxygen atoms in total. The van der Waals surface area contributed by atoms with E-state index in [1.54, 1.807) is 24.5 Å². The number of nitrogens with zero attached hydrogens (tertiary/aromatic N) is 3. The number of aromatic nitrogens is 2. The van der Waals surface area contributed by atoms with Gasteiger partial charge in [-0.2, -0.15) is 9.65 Å². The van der Waals surface area contributed by atoms with Crippen LogP contribution in [0.25, 0.3) is 10.8 Å². The molecule has 1 aromatic carbocycles. The second-order valence-corrected chi connectivity index (χ2v) is 6.51. The number of nitrogens with one attached hydrogen (secondary N) is 1. The monoisotopic (exact) mass is 366 g/mol. The third-order valence-electron chi connectivity index (χ3n) is 4.76. The van der Waals surface area contributed by atoms with Gasteiger partial charge in [0.25, 0.3) is 5.95 Å². The van der Waals surface area contributed by atoms with Crippen LogP contribution in [0.1, 0.15) is 24.1 Å². The normalized spacial score (nSPS) is 18.7. The first kappa shape index (κ1) is 17.3. The highest BCUT2D eigenvalue weighted by Crippen LogP contribution is 2.28. The fourth-order valence-corrected chi connectivity index (χ4v) is 3.21. The zero-order valence-electron chi connectivity index (χ0n) is 14.3. The van der Waals surface area contributed by atoms with Gasteiger partial charge in [-0.05, 0) is 48.6 Å². The van der Waals surface area contributed by atoms with E-state index in [0.29, 0.717) is 24.9 Å². The summed E-state index contributed by atoms with van der Waals surface area (Å²) in [6, 6.07) is 9.77. The molecular formula is C20H16F2N4O. The largest absolute Gasteiger partial charge is 0.486 e. The summed E-state index contributed by atoms with van der Waals surface area (Å²) in [6.45, 7) is 0.400. The minimum atomic E-state index is -0.781. The predicted octanol–water partition coefficient (Wildman–Crippen LogP) is 3.48. The SMILES string of the molecule is N#Cc1ccc(OC2CC(NCc3c(F)ccc4cnccc34)C2)c(F)n1. The molecule has 1 fully saturated rings. The molecule has 0 radical (unpaired) electrons. The maximum atomic E-state index is 14.2. The molecule has 1 saturated carbocycles. The van der Waals surface area contributed by atoms with Crippen molar-refractivity contribution in [2.75, 3.05) is 0 Å². The lowest BCUT2D eigenvalue weighted by Crippen LogP contribution is -2.46. The molecule has 0 atom stereocenters. The lowest BCUT2D eigenvalue weighted by Gasteiger charge is -2.36. The molecule has 3 aromatic rings. The van der Waals surface area contributed by atoms with Crippen LogP contribution in [-0.4, -0.2) is 22.1 Å². The Morgan fingerprint density at radius 2 is 2.04 bits per heavy atom. The predicted molar refractivity (Wildman–Crippen MR) is 94.9 cm³/mol. The molecule has 27 heavy (non-hydrogen) atoms. The Bertz CT molecular complexity index is 1030. The second kappa shape index (κ2) is 7.25. The molecule has 4 rings (SSSR count). The Balaban J connectivity index is 1.34. The molecule has 0 unspecified atom stereocenters. The van der Waals surface area contributed by atoms with Crippen LogP contribution in [0.2, 0.25) is 0 Å². The summed E-state index contributed by atoms with van der Waals surface area (Å²) in [5.41, 5.74) is 0.627. The summed E-state index contributed by atoms with van der Waals surface area (Å²) < 4.78 is 33.6. The van der Waals surface area contributed by atoms with Gasteiger partial charge in [0.15, 0.2) is 5.75 Å². The van der Waals surface area contributed by atoms with E-state index in [9.17, 15) is 8.78 Å². The van der Waals surface area contributed by atoms with E-state index in [-0.39, 0.29) is 29.4 Å². The van der Waals surface area contributed by atoms with E-state index in [2.05, 4.69) is 15.3 Å². The summed E-state index contributed by atoms with van der Waals surface area (Å²) in [6.07, 6.45) is 4.61. The molecule has 1 aliphatic rings. The van der Waals surface area contributed by atoms with Gasteiger partial charge in [-0.15, -0.1) is 0 Å². The van der Waals surface area contributed by atoms with Crippen LogP contribution in [0.3, 0.4) is 0 Å². The van der Waals surface area contributed by atoms with E-state index >= 15 is 0 Å². The van der Waals surface area contributed by atoms with Crippen LogP contribution in [0, 0.1) is 23.1 Å². The fraction of sp³-hybridized carbons (Fsp3) is 0.250. The van der Waals surface area contributed by atoms with E-state index in [0.717, 1.165) is 10.8 Å². The molecule has 0 amide bonds. The second-order valence-electron chi connectivity index (χ2n) is 6.51. The van der Waals surface area contributed by atoms with Gasteiger partial charge in [0.2, 0.25) is 0 Å². The number of halogens is 2. The van der Waals surface area contributed by atoms with Crippen LogP contribution in [0.5, 0.6) is 5.75 Å². The Morgan fingerprint density at radius 3 is 2.81 bits per heavy atom. The first-order chi connectivity index (χ1) is 13.1. The van der Waals surface area contributed by atoms with Crippen molar-refractivity contribution in [2.45, 2.75) is 31.5 Å². The molecule has 136 valence electrons. The van der Waals surface area contributed by atoms with Crippen LogP contribution in [0.4, 0.5) is 8.78 Å². The zero-order chi connectivity index (χ0) is 18.8. The number of nitriles is 1. The smallest absolute Gasteiger partial charge is 0.256 e. The van der Waals surface area contributed by atoms with Gasteiger partial charge >= 0.3 is 0 Å². The maximum absolute atomic E-state index is 14.2. The van der Waals surface area contributed by atoms with E-state index in [4.69, 9.17) is 10.00 Å². The molecule has 0 aliphatic heterocycles. The van der Waals surface area contributed by atoms with Gasteiger partial charge in [0.1, 0.15) is 23.7 Å². The van der Waals surface area contributed by atoms with Crippen LogP contribution in [0.15, 0.2) is 42.7 Å². The lowest BCUT2D eigenvalue weighted by atomic mass is 9.89. The van der Waals surface area contributed by atoms with Crippen molar-refractivity contribution in [1.29, 1.82) is 5.26 Å². The molecule has 2 heterocycles. The molecule has 1 N–H and O–H groups in total.